The van der Waals surface area contributed by atoms with Crippen molar-refractivity contribution in [1.29, 1.82) is 0 Å². The number of amides is 4. The van der Waals surface area contributed by atoms with Crippen LogP contribution in [0.5, 0.6) is 0 Å². The third kappa shape index (κ3) is 2.57. The summed E-state index contributed by atoms with van der Waals surface area (Å²) >= 11 is 0. The van der Waals surface area contributed by atoms with Crippen LogP contribution in [-0.4, -0.2) is 53.8 Å². The molecule has 0 aromatic heterocycles. The van der Waals surface area contributed by atoms with Gasteiger partial charge < -0.3 is 10.2 Å². The maximum absolute atomic E-state index is 12.5. The lowest BCUT2D eigenvalue weighted by molar-refractivity contribution is -0.138. The molecule has 1 aliphatic heterocycles. The molecule has 2 aliphatic rings. The van der Waals surface area contributed by atoms with Gasteiger partial charge in [0.2, 0.25) is 5.91 Å². The maximum atomic E-state index is 12.5. The molecule has 0 radical (unpaired) electrons. The highest BCUT2D eigenvalue weighted by Crippen LogP contribution is 2.32. The Hall–Kier alpha value is -1.59. The van der Waals surface area contributed by atoms with E-state index in [-0.39, 0.29) is 18.4 Å². The highest BCUT2D eigenvalue weighted by Gasteiger charge is 2.51. The van der Waals surface area contributed by atoms with Crippen molar-refractivity contribution in [3.8, 4) is 0 Å². The van der Waals surface area contributed by atoms with Gasteiger partial charge in [0.05, 0.1) is 0 Å². The summed E-state index contributed by atoms with van der Waals surface area (Å²) in [5.41, 5.74) is -0.750. The van der Waals surface area contributed by atoms with Crippen molar-refractivity contribution in [3.63, 3.8) is 0 Å². The van der Waals surface area contributed by atoms with Gasteiger partial charge in [0.25, 0.3) is 5.91 Å². The van der Waals surface area contributed by atoms with Crippen LogP contribution in [0.4, 0.5) is 4.79 Å². The molecule has 2 rings (SSSR count). The first-order valence-corrected chi connectivity index (χ1v) is 6.80. The fourth-order valence-corrected chi connectivity index (χ4v) is 2.77. The second kappa shape index (κ2) is 5.19. The van der Waals surface area contributed by atoms with E-state index in [0.717, 1.165) is 30.6 Å². The van der Waals surface area contributed by atoms with Crippen molar-refractivity contribution >= 4 is 17.8 Å². The standard InChI is InChI=1S/C13H21N3O3/c1-15(2)10(17)9-16-11(18)13(14-12(16)19)7-5-3-4-6-8-13/h3-9H2,1-2H3,(H,14,19). The number of urea groups is 1. The first-order chi connectivity index (χ1) is 8.96. The summed E-state index contributed by atoms with van der Waals surface area (Å²) in [6.07, 6.45) is 5.46. The summed E-state index contributed by atoms with van der Waals surface area (Å²) in [5.74, 6) is -0.469. The molecule has 0 aromatic carbocycles. The van der Waals surface area contributed by atoms with Crippen LogP contribution in [0.2, 0.25) is 0 Å². The summed E-state index contributed by atoms with van der Waals surface area (Å²) in [5, 5.41) is 2.82. The lowest BCUT2D eigenvalue weighted by atomic mass is 9.90. The third-order valence-electron chi connectivity index (χ3n) is 4.00. The summed E-state index contributed by atoms with van der Waals surface area (Å²) in [6, 6.07) is -0.429. The molecule has 0 atom stereocenters. The Kier molecular flexibility index (Phi) is 3.78. The van der Waals surface area contributed by atoms with Gasteiger partial charge in [-0.3, -0.25) is 14.5 Å². The Morgan fingerprint density at radius 2 is 1.79 bits per heavy atom. The second-order valence-corrected chi connectivity index (χ2v) is 5.61. The minimum atomic E-state index is -0.750. The van der Waals surface area contributed by atoms with Crippen molar-refractivity contribution < 1.29 is 14.4 Å². The minimum Gasteiger partial charge on any atom is -0.347 e. The van der Waals surface area contributed by atoms with Gasteiger partial charge >= 0.3 is 6.03 Å². The minimum absolute atomic E-state index is 0.167. The molecule has 2 fully saturated rings. The lowest BCUT2D eigenvalue weighted by Crippen LogP contribution is -2.47. The van der Waals surface area contributed by atoms with Gasteiger partial charge in [0, 0.05) is 14.1 Å². The number of nitrogens with one attached hydrogen (secondary N) is 1. The highest BCUT2D eigenvalue weighted by molar-refractivity contribution is 6.09. The first kappa shape index (κ1) is 13.8. The van der Waals surface area contributed by atoms with Gasteiger partial charge in [-0.1, -0.05) is 25.7 Å². The molecular weight excluding hydrogens is 246 g/mol. The van der Waals surface area contributed by atoms with E-state index < -0.39 is 11.6 Å². The highest BCUT2D eigenvalue weighted by atomic mass is 16.2. The average molecular weight is 267 g/mol. The number of rotatable bonds is 2. The largest absolute Gasteiger partial charge is 0.347 e. The van der Waals surface area contributed by atoms with E-state index in [2.05, 4.69) is 5.32 Å². The number of nitrogens with zero attached hydrogens (tertiary/aromatic N) is 2. The molecule has 1 heterocycles. The third-order valence-corrected chi connectivity index (χ3v) is 4.00. The van der Waals surface area contributed by atoms with Crippen molar-refractivity contribution in [3.05, 3.63) is 0 Å². The smallest absolute Gasteiger partial charge is 0.325 e. The molecule has 0 aromatic rings. The predicted molar refractivity (Wildman–Crippen MR) is 69.4 cm³/mol. The van der Waals surface area contributed by atoms with Crippen LogP contribution in [0, 0.1) is 0 Å². The van der Waals surface area contributed by atoms with Crippen LogP contribution < -0.4 is 5.32 Å². The van der Waals surface area contributed by atoms with Gasteiger partial charge in [-0.05, 0) is 12.8 Å². The van der Waals surface area contributed by atoms with E-state index in [1.807, 2.05) is 0 Å². The maximum Gasteiger partial charge on any atom is 0.325 e. The van der Waals surface area contributed by atoms with E-state index in [1.54, 1.807) is 14.1 Å². The molecule has 1 saturated carbocycles. The summed E-state index contributed by atoms with van der Waals surface area (Å²) in [6.45, 7) is -0.167. The van der Waals surface area contributed by atoms with Gasteiger partial charge in [0.15, 0.2) is 0 Å². The molecule has 0 unspecified atom stereocenters. The monoisotopic (exact) mass is 267 g/mol. The number of hydrogen-bond donors (Lipinski definition) is 1. The van der Waals surface area contributed by atoms with Crippen molar-refractivity contribution in [2.75, 3.05) is 20.6 Å². The summed E-state index contributed by atoms with van der Waals surface area (Å²) in [4.78, 5) is 38.6. The molecule has 1 spiro atoms. The molecule has 6 heteroatoms. The number of carbonyl (C=O) groups is 3. The van der Waals surface area contributed by atoms with E-state index in [9.17, 15) is 14.4 Å². The zero-order valence-corrected chi connectivity index (χ0v) is 11.6. The Bertz CT molecular complexity index is 398. The Labute approximate surface area is 113 Å². The number of carbonyl (C=O) groups excluding carboxylic acids is 3. The number of imide groups is 1. The Balaban J connectivity index is 2.13. The quantitative estimate of drug-likeness (QED) is 0.749. The molecule has 1 aliphatic carbocycles. The summed E-state index contributed by atoms with van der Waals surface area (Å²) < 4.78 is 0. The molecule has 1 N–H and O–H groups in total. The molecule has 0 bridgehead atoms. The molecule has 19 heavy (non-hydrogen) atoms. The Morgan fingerprint density at radius 3 is 2.32 bits per heavy atom. The van der Waals surface area contributed by atoms with Crippen LogP contribution in [0.1, 0.15) is 38.5 Å². The zero-order valence-electron chi connectivity index (χ0n) is 11.6. The van der Waals surface area contributed by atoms with Crippen LogP contribution in [-0.2, 0) is 9.59 Å². The van der Waals surface area contributed by atoms with E-state index in [4.69, 9.17) is 0 Å². The molecular formula is C13H21N3O3. The van der Waals surface area contributed by atoms with Crippen molar-refractivity contribution in [1.82, 2.24) is 15.1 Å². The van der Waals surface area contributed by atoms with Gasteiger partial charge in [-0.15, -0.1) is 0 Å². The fraction of sp³-hybridized carbons (Fsp3) is 0.769. The molecule has 106 valence electrons. The fourth-order valence-electron chi connectivity index (χ4n) is 2.77. The van der Waals surface area contributed by atoms with Gasteiger partial charge in [-0.25, -0.2) is 4.79 Å². The molecule has 6 nitrogen and oxygen atoms in total. The van der Waals surface area contributed by atoms with Crippen molar-refractivity contribution in [2.45, 2.75) is 44.1 Å². The number of hydrogen-bond acceptors (Lipinski definition) is 3. The average Bonchev–Trinajstić information content (AvgIpc) is 2.56. The Morgan fingerprint density at radius 1 is 1.21 bits per heavy atom. The van der Waals surface area contributed by atoms with E-state index in [1.165, 1.54) is 4.90 Å². The number of likely N-dealkylation sites (N-methyl/N-ethyl adjacent to an activating group) is 1. The lowest BCUT2D eigenvalue weighted by Gasteiger charge is -2.24. The van der Waals surface area contributed by atoms with Gasteiger partial charge in [-0.2, -0.15) is 0 Å². The topological polar surface area (TPSA) is 69.7 Å². The zero-order chi connectivity index (χ0) is 14.0. The van der Waals surface area contributed by atoms with Crippen molar-refractivity contribution in [2.24, 2.45) is 0 Å². The molecule has 1 saturated heterocycles. The van der Waals surface area contributed by atoms with Gasteiger partial charge in [0.1, 0.15) is 12.1 Å². The second-order valence-electron chi connectivity index (χ2n) is 5.61. The van der Waals surface area contributed by atoms with E-state index in [0.29, 0.717) is 12.8 Å². The van der Waals surface area contributed by atoms with Crippen LogP contribution in [0.15, 0.2) is 0 Å². The SMILES string of the molecule is CN(C)C(=O)CN1C(=O)NC2(CCCCCC2)C1=O. The first-order valence-electron chi connectivity index (χ1n) is 6.80. The van der Waals surface area contributed by atoms with Crippen LogP contribution in [0.25, 0.3) is 0 Å². The van der Waals surface area contributed by atoms with E-state index >= 15 is 0 Å². The van der Waals surface area contributed by atoms with Crippen LogP contribution >= 0.6 is 0 Å². The normalized spacial score (nSPS) is 22.3. The van der Waals surface area contributed by atoms with Crippen LogP contribution in [0.3, 0.4) is 0 Å². The molecule has 4 amide bonds. The summed E-state index contributed by atoms with van der Waals surface area (Å²) in [7, 11) is 3.23. The predicted octanol–water partition coefficient (Wildman–Crippen LogP) is 0.719.